The minimum absolute atomic E-state index is 0.0168. The highest BCUT2D eigenvalue weighted by atomic mass is 16.4. The Bertz CT molecular complexity index is 411. The summed E-state index contributed by atoms with van der Waals surface area (Å²) in [7, 11) is 0. The van der Waals surface area contributed by atoms with Gasteiger partial charge in [0, 0.05) is 12.1 Å². The van der Waals surface area contributed by atoms with E-state index in [0.717, 1.165) is 32.1 Å². The number of hydrogen-bond acceptors (Lipinski definition) is 3. The van der Waals surface area contributed by atoms with Gasteiger partial charge in [-0.15, -0.1) is 0 Å². The second-order valence-corrected chi connectivity index (χ2v) is 7.97. The second-order valence-electron chi connectivity index (χ2n) is 7.97. The molecule has 0 aromatic carbocycles. The molecule has 2 N–H and O–H groups in total. The molecule has 0 saturated heterocycles. The zero-order valence-electron chi connectivity index (χ0n) is 16.0. The molecule has 2 aliphatic carbocycles. The largest absolute Gasteiger partial charge is 0.480 e. The highest BCUT2D eigenvalue weighted by Gasteiger charge is 2.33. The zero-order valence-corrected chi connectivity index (χ0v) is 16.0. The molecule has 144 valence electrons. The quantitative estimate of drug-likeness (QED) is 0.701. The van der Waals surface area contributed by atoms with Crippen molar-refractivity contribution >= 4 is 11.9 Å². The Balaban J connectivity index is 2.02. The molecule has 0 unspecified atom stereocenters. The van der Waals surface area contributed by atoms with Gasteiger partial charge in [0.1, 0.15) is 6.04 Å². The lowest BCUT2D eigenvalue weighted by molar-refractivity contribution is -0.141. The zero-order chi connectivity index (χ0) is 18.2. The molecule has 5 heteroatoms. The van der Waals surface area contributed by atoms with E-state index in [1.807, 2.05) is 13.8 Å². The van der Waals surface area contributed by atoms with Crippen LogP contribution in [0.15, 0.2) is 0 Å². The third kappa shape index (κ3) is 5.70. The third-order valence-corrected chi connectivity index (χ3v) is 6.18. The fourth-order valence-electron chi connectivity index (χ4n) is 4.48. The normalized spacial score (nSPS) is 22.3. The van der Waals surface area contributed by atoms with Crippen molar-refractivity contribution in [2.75, 3.05) is 6.54 Å². The summed E-state index contributed by atoms with van der Waals surface area (Å²) in [5.41, 5.74) is 0. The van der Waals surface area contributed by atoms with Crippen molar-refractivity contribution in [2.24, 2.45) is 5.92 Å². The average molecular weight is 353 g/mol. The first-order chi connectivity index (χ1) is 12.0. The Morgan fingerprint density at radius 3 is 1.88 bits per heavy atom. The van der Waals surface area contributed by atoms with Crippen LogP contribution in [0.3, 0.4) is 0 Å². The van der Waals surface area contributed by atoms with Crippen LogP contribution in [0, 0.1) is 5.92 Å². The Kier molecular flexibility index (Phi) is 8.20. The number of nitrogens with one attached hydrogen (secondary N) is 1. The summed E-state index contributed by atoms with van der Waals surface area (Å²) >= 11 is 0. The molecule has 0 radical (unpaired) electrons. The number of aliphatic carboxylic acids is 1. The van der Waals surface area contributed by atoms with Gasteiger partial charge in [0.15, 0.2) is 0 Å². The summed E-state index contributed by atoms with van der Waals surface area (Å²) in [6, 6.07) is 0.0737. The van der Waals surface area contributed by atoms with Crippen molar-refractivity contribution in [3.63, 3.8) is 0 Å². The number of carboxylic acids is 1. The van der Waals surface area contributed by atoms with Gasteiger partial charge in [0.2, 0.25) is 5.91 Å². The minimum atomic E-state index is -0.857. The Labute approximate surface area is 152 Å². The van der Waals surface area contributed by atoms with Gasteiger partial charge < -0.3 is 10.0 Å². The summed E-state index contributed by atoms with van der Waals surface area (Å²) in [6.45, 7) is 4.06. The van der Waals surface area contributed by atoms with Crippen LogP contribution in [0.4, 0.5) is 0 Å². The van der Waals surface area contributed by atoms with Crippen molar-refractivity contribution in [3.05, 3.63) is 0 Å². The Morgan fingerprint density at radius 1 is 1.00 bits per heavy atom. The number of carbonyl (C=O) groups is 2. The van der Waals surface area contributed by atoms with Gasteiger partial charge in [-0.2, -0.15) is 0 Å². The number of rotatable bonds is 8. The Hall–Kier alpha value is -1.10. The molecule has 0 spiro atoms. The van der Waals surface area contributed by atoms with E-state index < -0.39 is 12.0 Å². The molecular weight excluding hydrogens is 316 g/mol. The first-order valence-electron chi connectivity index (χ1n) is 10.3. The predicted octanol–water partition coefficient (Wildman–Crippen LogP) is 3.57. The summed E-state index contributed by atoms with van der Waals surface area (Å²) in [5.74, 6) is -0.736. The lowest BCUT2D eigenvalue weighted by Gasteiger charge is -2.42. The molecule has 25 heavy (non-hydrogen) atoms. The van der Waals surface area contributed by atoms with Gasteiger partial charge >= 0.3 is 5.97 Å². The van der Waals surface area contributed by atoms with E-state index in [4.69, 9.17) is 0 Å². The van der Waals surface area contributed by atoms with E-state index in [9.17, 15) is 14.7 Å². The highest BCUT2D eigenvalue weighted by molar-refractivity contribution is 5.80. The van der Waals surface area contributed by atoms with E-state index in [2.05, 4.69) is 10.2 Å². The summed E-state index contributed by atoms with van der Waals surface area (Å²) < 4.78 is 0. The molecule has 2 rings (SSSR count). The van der Waals surface area contributed by atoms with Gasteiger partial charge in [-0.3, -0.25) is 14.9 Å². The monoisotopic (exact) mass is 352 g/mol. The van der Waals surface area contributed by atoms with E-state index in [1.54, 1.807) is 0 Å². The van der Waals surface area contributed by atoms with E-state index in [0.29, 0.717) is 12.1 Å². The van der Waals surface area contributed by atoms with Crippen LogP contribution >= 0.6 is 0 Å². The van der Waals surface area contributed by atoms with Crippen LogP contribution in [0.2, 0.25) is 0 Å². The number of amides is 1. The van der Waals surface area contributed by atoms with Crippen molar-refractivity contribution < 1.29 is 14.7 Å². The van der Waals surface area contributed by atoms with Crippen LogP contribution in [0.25, 0.3) is 0 Å². The average Bonchev–Trinajstić information content (AvgIpc) is 2.63. The van der Waals surface area contributed by atoms with Gasteiger partial charge in [-0.05, 0) is 31.6 Å². The number of hydrogen-bond donors (Lipinski definition) is 2. The highest BCUT2D eigenvalue weighted by Crippen LogP contribution is 2.30. The number of nitrogens with zero attached hydrogens (tertiary/aromatic N) is 1. The van der Waals surface area contributed by atoms with Gasteiger partial charge in [-0.1, -0.05) is 58.8 Å². The molecule has 0 aromatic heterocycles. The van der Waals surface area contributed by atoms with E-state index >= 15 is 0 Å². The van der Waals surface area contributed by atoms with Crippen LogP contribution in [-0.4, -0.2) is 46.6 Å². The molecule has 2 atom stereocenters. The van der Waals surface area contributed by atoms with Crippen molar-refractivity contribution in [1.82, 2.24) is 10.2 Å². The van der Waals surface area contributed by atoms with Gasteiger partial charge in [0.05, 0.1) is 6.54 Å². The van der Waals surface area contributed by atoms with Crippen LogP contribution in [0.1, 0.15) is 84.5 Å². The predicted molar refractivity (Wildman–Crippen MR) is 99.5 cm³/mol. The molecule has 2 aliphatic rings. The minimum Gasteiger partial charge on any atom is -0.480 e. The standard InChI is InChI=1S/C20H36N2O3/c1-3-15(2)19(20(24)25)21-14-18(23)22(16-10-6-4-7-11-16)17-12-8-5-9-13-17/h15-17,19,21H,3-14H2,1-2H3,(H,24,25)/t15-,19-/m0/s1. The summed E-state index contributed by atoms with van der Waals surface area (Å²) in [6.07, 6.45) is 12.6. The maximum absolute atomic E-state index is 13.1. The molecule has 0 heterocycles. The fourth-order valence-corrected chi connectivity index (χ4v) is 4.48. The van der Waals surface area contributed by atoms with E-state index in [1.165, 1.54) is 38.5 Å². The van der Waals surface area contributed by atoms with E-state index in [-0.39, 0.29) is 18.4 Å². The maximum atomic E-state index is 13.1. The molecule has 0 bridgehead atoms. The van der Waals surface area contributed by atoms with Gasteiger partial charge in [-0.25, -0.2) is 0 Å². The summed E-state index contributed by atoms with van der Waals surface area (Å²) in [5, 5.41) is 12.5. The first-order valence-corrected chi connectivity index (χ1v) is 10.3. The molecule has 2 saturated carbocycles. The topological polar surface area (TPSA) is 69.6 Å². The SMILES string of the molecule is CC[C@H](C)[C@H](NCC(=O)N(C1CCCCC1)C1CCCCC1)C(=O)O. The van der Waals surface area contributed by atoms with Crippen molar-refractivity contribution in [2.45, 2.75) is 103 Å². The van der Waals surface area contributed by atoms with Gasteiger partial charge in [0.25, 0.3) is 0 Å². The summed E-state index contributed by atoms with van der Waals surface area (Å²) in [4.78, 5) is 26.7. The smallest absolute Gasteiger partial charge is 0.320 e. The first kappa shape index (κ1) is 20.2. The third-order valence-electron chi connectivity index (χ3n) is 6.18. The number of carboxylic acid groups (broad SMARTS) is 1. The fraction of sp³-hybridized carbons (Fsp3) is 0.900. The molecular formula is C20H36N2O3. The molecule has 0 aromatic rings. The molecule has 0 aliphatic heterocycles. The van der Waals surface area contributed by atoms with Crippen LogP contribution in [0.5, 0.6) is 0 Å². The van der Waals surface area contributed by atoms with Crippen LogP contribution < -0.4 is 5.32 Å². The molecule has 5 nitrogen and oxygen atoms in total. The lowest BCUT2D eigenvalue weighted by atomic mass is 9.88. The Morgan fingerprint density at radius 2 is 1.48 bits per heavy atom. The van der Waals surface area contributed by atoms with Crippen molar-refractivity contribution in [3.8, 4) is 0 Å². The molecule has 1 amide bonds. The number of carbonyl (C=O) groups excluding carboxylic acids is 1. The molecule has 2 fully saturated rings. The lowest BCUT2D eigenvalue weighted by Crippen LogP contribution is -2.53. The second kappa shape index (κ2) is 10.1. The maximum Gasteiger partial charge on any atom is 0.320 e. The van der Waals surface area contributed by atoms with Crippen LogP contribution in [-0.2, 0) is 9.59 Å². The van der Waals surface area contributed by atoms with Crippen molar-refractivity contribution in [1.29, 1.82) is 0 Å².